The molecular formula is C18H33N3O4. The van der Waals surface area contributed by atoms with E-state index in [2.05, 4.69) is 10.6 Å². The molecule has 0 radical (unpaired) electrons. The second-order valence-corrected chi connectivity index (χ2v) is 6.83. The Bertz CT molecular complexity index is 461. The Morgan fingerprint density at radius 2 is 1.52 bits per heavy atom. The van der Waals surface area contributed by atoms with E-state index in [0.29, 0.717) is 25.9 Å². The number of rotatable bonds is 13. The van der Waals surface area contributed by atoms with Gasteiger partial charge in [0.15, 0.2) is 5.78 Å². The molecule has 1 atom stereocenters. The van der Waals surface area contributed by atoms with Gasteiger partial charge in [-0.3, -0.25) is 19.2 Å². The van der Waals surface area contributed by atoms with Gasteiger partial charge in [0, 0.05) is 44.2 Å². The molecule has 7 heteroatoms. The number of nitrogens with two attached hydrogens (primary N) is 1. The Morgan fingerprint density at radius 3 is 2.04 bits per heavy atom. The largest absolute Gasteiger partial charge is 0.355 e. The number of ketones is 2. The molecule has 0 aliphatic rings. The maximum Gasteiger partial charge on any atom is 0.220 e. The van der Waals surface area contributed by atoms with Crippen LogP contribution in [0.2, 0.25) is 0 Å². The summed E-state index contributed by atoms with van der Waals surface area (Å²) >= 11 is 0. The zero-order valence-corrected chi connectivity index (χ0v) is 15.9. The monoisotopic (exact) mass is 355 g/mol. The molecule has 25 heavy (non-hydrogen) atoms. The molecule has 0 aromatic heterocycles. The summed E-state index contributed by atoms with van der Waals surface area (Å²) < 4.78 is 0. The van der Waals surface area contributed by atoms with Crippen molar-refractivity contribution in [3.8, 4) is 0 Å². The van der Waals surface area contributed by atoms with Gasteiger partial charge >= 0.3 is 0 Å². The molecule has 0 aromatic rings. The van der Waals surface area contributed by atoms with Crippen molar-refractivity contribution in [1.82, 2.24) is 10.6 Å². The van der Waals surface area contributed by atoms with E-state index in [-0.39, 0.29) is 54.5 Å². The molecule has 0 heterocycles. The summed E-state index contributed by atoms with van der Waals surface area (Å²) in [5, 5.41) is 5.35. The Morgan fingerprint density at radius 1 is 0.880 bits per heavy atom. The smallest absolute Gasteiger partial charge is 0.220 e. The molecule has 7 nitrogen and oxygen atoms in total. The maximum absolute atomic E-state index is 12.3. The van der Waals surface area contributed by atoms with Crippen LogP contribution in [0.3, 0.4) is 0 Å². The standard InChI is InChI=1S/C18H33N3O4/c1-12(2)15(22)6-5-7-17(24)21-14(18(25)13(3)4)8-9-16(23)20-11-10-19/h12-14H,5-11,19H2,1-4H3,(H,20,23)(H,21,24). The number of carbonyl (C=O) groups is 4. The number of nitrogens with one attached hydrogen (secondary N) is 2. The minimum atomic E-state index is -0.683. The van der Waals surface area contributed by atoms with E-state index in [9.17, 15) is 19.2 Å². The quantitative estimate of drug-likeness (QED) is 0.454. The molecule has 0 saturated carbocycles. The highest BCUT2D eigenvalue weighted by Crippen LogP contribution is 2.09. The van der Waals surface area contributed by atoms with Crippen LogP contribution in [0.1, 0.15) is 59.8 Å². The van der Waals surface area contributed by atoms with Gasteiger partial charge < -0.3 is 16.4 Å². The van der Waals surface area contributed by atoms with E-state index in [1.54, 1.807) is 13.8 Å². The van der Waals surface area contributed by atoms with Crippen molar-refractivity contribution in [2.24, 2.45) is 17.6 Å². The molecule has 0 aliphatic carbocycles. The van der Waals surface area contributed by atoms with Gasteiger partial charge in [-0.15, -0.1) is 0 Å². The second-order valence-electron chi connectivity index (χ2n) is 6.83. The minimum Gasteiger partial charge on any atom is -0.355 e. The van der Waals surface area contributed by atoms with Crippen molar-refractivity contribution in [2.75, 3.05) is 13.1 Å². The minimum absolute atomic E-state index is 0.0367. The third-order valence-electron chi connectivity index (χ3n) is 3.85. The topological polar surface area (TPSA) is 118 Å². The molecule has 0 saturated heterocycles. The summed E-state index contributed by atoms with van der Waals surface area (Å²) in [7, 11) is 0. The van der Waals surface area contributed by atoms with Crippen molar-refractivity contribution in [3.05, 3.63) is 0 Å². The molecule has 0 spiro atoms. The van der Waals surface area contributed by atoms with E-state index in [0.717, 1.165) is 0 Å². The Hall–Kier alpha value is -1.76. The predicted molar refractivity (Wildman–Crippen MR) is 96.8 cm³/mol. The van der Waals surface area contributed by atoms with Crippen LogP contribution in [-0.2, 0) is 19.2 Å². The van der Waals surface area contributed by atoms with Crippen LogP contribution in [0.5, 0.6) is 0 Å². The van der Waals surface area contributed by atoms with E-state index in [1.807, 2.05) is 13.8 Å². The third-order valence-corrected chi connectivity index (χ3v) is 3.85. The first kappa shape index (κ1) is 23.2. The van der Waals surface area contributed by atoms with Crippen LogP contribution in [0.25, 0.3) is 0 Å². The Labute approximate surface area is 150 Å². The van der Waals surface area contributed by atoms with Crippen LogP contribution < -0.4 is 16.4 Å². The van der Waals surface area contributed by atoms with Gasteiger partial charge in [-0.25, -0.2) is 0 Å². The first-order valence-electron chi connectivity index (χ1n) is 9.01. The molecular weight excluding hydrogens is 322 g/mol. The van der Waals surface area contributed by atoms with E-state index < -0.39 is 6.04 Å². The van der Waals surface area contributed by atoms with Gasteiger partial charge in [0.2, 0.25) is 11.8 Å². The molecule has 0 aliphatic heterocycles. The average Bonchev–Trinajstić information content (AvgIpc) is 2.55. The van der Waals surface area contributed by atoms with Gasteiger partial charge in [0.1, 0.15) is 5.78 Å². The van der Waals surface area contributed by atoms with Gasteiger partial charge in [0.25, 0.3) is 0 Å². The summed E-state index contributed by atoms with van der Waals surface area (Å²) in [6, 6.07) is -0.683. The summed E-state index contributed by atoms with van der Waals surface area (Å²) in [5.74, 6) is -0.704. The molecule has 0 aromatic carbocycles. The first-order chi connectivity index (χ1) is 11.7. The Kier molecular flexibility index (Phi) is 11.7. The van der Waals surface area contributed by atoms with Crippen LogP contribution in [0.4, 0.5) is 0 Å². The summed E-state index contributed by atoms with van der Waals surface area (Å²) in [4.78, 5) is 47.5. The molecule has 2 amide bonds. The number of hydrogen-bond donors (Lipinski definition) is 3. The van der Waals surface area contributed by atoms with Crippen LogP contribution in [0.15, 0.2) is 0 Å². The van der Waals surface area contributed by atoms with Crippen molar-refractivity contribution in [3.63, 3.8) is 0 Å². The maximum atomic E-state index is 12.3. The molecule has 0 fully saturated rings. The molecule has 0 rings (SSSR count). The van der Waals surface area contributed by atoms with E-state index in [4.69, 9.17) is 5.73 Å². The molecule has 144 valence electrons. The third kappa shape index (κ3) is 10.7. The lowest BCUT2D eigenvalue weighted by Crippen LogP contribution is -2.43. The van der Waals surface area contributed by atoms with Crippen molar-refractivity contribution in [1.29, 1.82) is 0 Å². The predicted octanol–water partition coefficient (Wildman–Crippen LogP) is 0.947. The first-order valence-corrected chi connectivity index (χ1v) is 9.01. The number of carbonyl (C=O) groups excluding carboxylic acids is 4. The normalized spacial score (nSPS) is 12.1. The highest BCUT2D eigenvalue weighted by Gasteiger charge is 2.23. The number of amides is 2. The van der Waals surface area contributed by atoms with Crippen LogP contribution >= 0.6 is 0 Å². The van der Waals surface area contributed by atoms with Gasteiger partial charge in [0.05, 0.1) is 6.04 Å². The zero-order valence-electron chi connectivity index (χ0n) is 15.9. The van der Waals surface area contributed by atoms with Crippen molar-refractivity contribution in [2.45, 2.75) is 65.8 Å². The molecule has 0 bridgehead atoms. The highest BCUT2D eigenvalue weighted by atomic mass is 16.2. The van der Waals surface area contributed by atoms with Crippen LogP contribution in [0, 0.1) is 11.8 Å². The summed E-state index contributed by atoms with van der Waals surface area (Å²) in [6.45, 7) is 7.92. The zero-order chi connectivity index (χ0) is 19.4. The fourth-order valence-electron chi connectivity index (χ4n) is 2.24. The number of Topliss-reactive ketones (excluding diaryl/α,β-unsaturated/α-hetero) is 2. The lowest BCUT2D eigenvalue weighted by Gasteiger charge is -2.19. The second kappa shape index (κ2) is 12.6. The van der Waals surface area contributed by atoms with E-state index >= 15 is 0 Å². The van der Waals surface area contributed by atoms with E-state index in [1.165, 1.54) is 0 Å². The Balaban J connectivity index is 4.47. The van der Waals surface area contributed by atoms with Crippen molar-refractivity contribution < 1.29 is 19.2 Å². The van der Waals surface area contributed by atoms with Gasteiger partial charge in [-0.1, -0.05) is 27.7 Å². The SMILES string of the molecule is CC(C)C(=O)CCCC(=O)NC(CCC(=O)NCCN)C(=O)C(C)C. The average molecular weight is 355 g/mol. The summed E-state index contributed by atoms with van der Waals surface area (Å²) in [5.41, 5.74) is 5.32. The lowest BCUT2D eigenvalue weighted by molar-refractivity contribution is -0.130. The lowest BCUT2D eigenvalue weighted by atomic mass is 9.97. The van der Waals surface area contributed by atoms with Crippen molar-refractivity contribution >= 4 is 23.4 Å². The number of hydrogen-bond acceptors (Lipinski definition) is 5. The van der Waals surface area contributed by atoms with Crippen LogP contribution in [-0.4, -0.2) is 42.5 Å². The highest BCUT2D eigenvalue weighted by molar-refractivity contribution is 5.91. The van der Waals surface area contributed by atoms with Gasteiger partial charge in [-0.05, 0) is 12.8 Å². The molecule has 1 unspecified atom stereocenters. The fourth-order valence-corrected chi connectivity index (χ4v) is 2.24. The summed E-state index contributed by atoms with van der Waals surface area (Å²) in [6.07, 6.45) is 1.41. The fraction of sp³-hybridized carbons (Fsp3) is 0.778. The molecule has 4 N–H and O–H groups in total. The van der Waals surface area contributed by atoms with Gasteiger partial charge in [-0.2, -0.15) is 0 Å².